The Morgan fingerprint density at radius 3 is 2.71 bits per heavy atom. The molecule has 1 aromatic carbocycles. The maximum Gasteiger partial charge on any atom is 0.310 e. The molecule has 0 saturated heterocycles. The first-order valence-corrected chi connectivity index (χ1v) is 5.13. The van der Waals surface area contributed by atoms with Crippen LogP contribution in [0.1, 0.15) is 23.6 Å². The normalized spacial score (nSPS) is 9.71. The van der Waals surface area contributed by atoms with Gasteiger partial charge in [-0.1, -0.05) is 0 Å². The Morgan fingerprint density at radius 1 is 1.47 bits per heavy atom. The van der Waals surface area contributed by atoms with Crippen LogP contribution in [-0.2, 0) is 22.6 Å². The number of hydrogen-bond acceptors (Lipinski definition) is 5. The fourth-order valence-electron chi connectivity index (χ4n) is 1.45. The molecule has 1 rings (SSSR count). The molecule has 0 amide bonds. The molecule has 0 radical (unpaired) electrons. The third kappa shape index (κ3) is 3.20. The number of carbonyl (C=O) groups is 1. The Balaban J connectivity index is 3.05. The third-order valence-electron chi connectivity index (χ3n) is 2.25. The number of carbonyl (C=O) groups excluding carboxylic acids is 1. The Labute approximate surface area is 98.9 Å². The summed E-state index contributed by atoms with van der Waals surface area (Å²) in [4.78, 5) is 11.3. The van der Waals surface area contributed by atoms with E-state index in [4.69, 9.17) is 15.1 Å². The van der Waals surface area contributed by atoms with Crippen LogP contribution in [0.25, 0.3) is 0 Å². The van der Waals surface area contributed by atoms with Gasteiger partial charge in [0.2, 0.25) is 0 Å². The van der Waals surface area contributed by atoms with Gasteiger partial charge in [0.1, 0.15) is 11.8 Å². The van der Waals surface area contributed by atoms with Crippen molar-refractivity contribution in [1.29, 1.82) is 5.26 Å². The van der Waals surface area contributed by atoms with E-state index in [1.54, 1.807) is 6.92 Å². The van der Waals surface area contributed by atoms with E-state index in [0.29, 0.717) is 11.1 Å². The van der Waals surface area contributed by atoms with Crippen molar-refractivity contribution < 1.29 is 19.7 Å². The van der Waals surface area contributed by atoms with Gasteiger partial charge in [-0.15, -0.1) is 0 Å². The maximum atomic E-state index is 11.3. The lowest BCUT2D eigenvalue weighted by Gasteiger charge is -2.08. The number of rotatable bonds is 4. The highest BCUT2D eigenvalue weighted by Crippen LogP contribution is 2.22. The molecule has 0 aliphatic heterocycles. The van der Waals surface area contributed by atoms with Gasteiger partial charge in [0.25, 0.3) is 0 Å². The van der Waals surface area contributed by atoms with Crippen LogP contribution < -0.4 is 0 Å². The van der Waals surface area contributed by atoms with E-state index in [2.05, 4.69) is 0 Å². The summed E-state index contributed by atoms with van der Waals surface area (Å²) >= 11 is 0. The van der Waals surface area contributed by atoms with E-state index in [-0.39, 0.29) is 30.9 Å². The van der Waals surface area contributed by atoms with E-state index < -0.39 is 5.97 Å². The molecule has 17 heavy (non-hydrogen) atoms. The van der Waals surface area contributed by atoms with E-state index in [0.717, 1.165) is 0 Å². The number of aromatic hydroxyl groups is 1. The van der Waals surface area contributed by atoms with Crippen molar-refractivity contribution in [3.63, 3.8) is 0 Å². The van der Waals surface area contributed by atoms with Crippen molar-refractivity contribution in [3.05, 3.63) is 28.8 Å². The van der Waals surface area contributed by atoms with Gasteiger partial charge < -0.3 is 14.9 Å². The van der Waals surface area contributed by atoms with Crippen molar-refractivity contribution in [1.82, 2.24) is 0 Å². The number of aliphatic hydroxyl groups excluding tert-OH is 1. The average Bonchev–Trinajstić information content (AvgIpc) is 2.31. The molecule has 0 saturated carbocycles. The predicted molar refractivity (Wildman–Crippen MR) is 59.1 cm³/mol. The lowest BCUT2D eigenvalue weighted by atomic mass is 10.0. The number of phenolic OH excluding ortho intramolecular Hbond substituents is 1. The quantitative estimate of drug-likeness (QED) is 0.755. The van der Waals surface area contributed by atoms with Gasteiger partial charge in [-0.3, -0.25) is 4.79 Å². The predicted octanol–water partition coefficient (Wildman–Crippen LogP) is 0.862. The fourth-order valence-corrected chi connectivity index (χ4v) is 1.45. The smallest absolute Gasteiger partial charge is 0.310 e. The zero-order chi connectivity index (χ0) is 12.8. The van der Waals surface area contributed by atoms with Gasteiger partial charge in [-0.25, -0.2) is 0 Å². The molecule has 0 aliphatic carbocycles. The minimum atomic E-state index is -0.434. The van der Waals surface area contributed by atoms with E-state index in [1.165, 1.54) is 12.1 Å². The molecule has 0 aromatic heterocycles. The molecular weight excluding hydrogens is 222 g/mol. The van der Waals surface area contributed by atoms with Crippen LogP contribution in [0.15, 0.2) is 12.1 Å². The lowest BCUT2D eigenvalue weighted by Crippen LogP contribution is -2.09. The number of nitrogens with zero attached hydrogens (tertiary/aromatic N) is 1. The van der Waals surface area contributed by atoms with Crippen molar-refractivity contribution in [2.45, 2.75) is 20.0 Å². The van der Waals surface area contributed by atoms with E-state index >= 15 is 0 Å². The van der Waals surface area contributed by atoms with Crippen molar-refractivity contribution in [2.75, 3.05) is 6.61 Å². The highest BCUT2D eigenvalue weighted by molar-refractivity contribution is 5.73. The van der Waals surface area contributed by atoms with Crippen LogP contribution >= 0.6 is 0 Å². The molecule has 90 valence electrons. The monoisotopic (exact) mass is 235 g/mol. The minimum Gasteiger partial charge on any atom is -0.507 e. The second-order valence-electron chi connectivity index (χ2n) is 3.39. The molecule has 0 atom stereocenters. The van der Waals surface area contributed by atoms with Gasteiger partial charge >= 0.3 is 5.97 Å². The molecule has 5 heteroatoms. The summed E-state index contributed by atoms with van der Waals surface area (Å²) in [6, 6.07) is 4.48. The maximum absolute atomic E-state index is 11.3. The summed E-state index contributed by atoms with van der Waals surface area (Å²) in [5, 5.41) is 27.3. The van der Waals surface area contributed by atoms with Crippen LogP contribution in [0.3, 0.4) is 0 Å². The van der Waals surface area contributed by atoms with Crippen molar-refractivity contribution in [2.24, 2.45) is 0 Å². The summed E-state index contributed by atoms with van der Waals surface area (Å²) < 4.78 is 4.78. The van der Waals surface area contributed by atoms with Gasteiger partial charge in [-0.2, -0.15) is 5.26 Å². The van der Waals surface area contributed by atoms with Crippen LogP contribution in [-0.4, -0.2) is 22.8 Å². The largest absolute Gasteiger partial charge is 0.507 e. The topological polar surface area (TPSA) is 90.6 Å². The highest BCUT2D eigenvalue weighted by Gasteiger charge is 2.12. The number of nitriles is 1. The number of phenols is 1. The van der Waals surface area contributed by atoms with Crippen LogP contribution in [0, 0.1) is 11.3 Å². The lowest BCUT2D eigenvalue weighted by molar-refractivity contribution is -0.142. The second kappa shape index (κ2) is 5.87. The standard InChI is InChI=1S/C12H13NO4/c1-2-17-12(16)5-8-3-9(6-13)11(15)4-10(8)7-14/h3-4,14-15H,2,5,7H2,1H3. The van der Waals surface area contributed by atoms with Crippen molar-refractivity contribution in [3.8, 4) is 11.8 Å². The summed E-state index contributed by atoms with van der Waals surface area (Å²) in [5.41, 5.74) is 0.969. The fraction of sp³-hybridized carbons (Fsp3) is 0.333. The van der Waals surface area contributed by atoms with Gasteiger partial charge in [0.15, 0.2) is 0 Å². The second-order valence-corrected chi connectivity index (χ2v) is 3.39. The first-order chi connectivity index (χ1) is 8.12. The molecular formula is C12H13NO4. The molecule has 0 spiro atoms. The summed E-state index contributed by atoms with van der Waals surface area (Å²) in [6.45, 7) is 1.66. The first kappa shape index (κ1) is 13.0. The number of aliphatic hydroxyl groups is 1. The SMILES string of the molecule is CCOC(=O)Cc1cc(C#N)c(O)cc1CO. The summed E-state index contributed by atoms with van der Waals surface area (Å²) in [5.74, 6) is -0.638. The minimum absolute atomic E-state index is 0.0291. The van der Waals surface area contributed by atoms with Crippen LogP contribution in [0.2, 0.25) is 0 Å². The van der Waals surface area contributed by atoms with E-state index in [1.807, 2.05) is 6.07 Å². The number of hydrogen-bond donors (Lipinski definition) is 2. The molecule has 0 bridgehead atoms. The molecule has 1 aromatic rings. The number of ether oxygens (including phenoxy) is 1. The summed E-state index contributed by atoms with van der Waals surface area (Å²) in [7, 11) is 0. The summed E-state index contributed by atoms with van der Waals surface area (Å²) in [6.07, 6.45) is -0.0291. The zero-order valence-corrected chi connectivity index (χ0v) is 9.43. The van der Waals surface area contributed by atoms with E-state index in [9.17, 15) is 9.90 Å². The Bertz CT molecular complexity index is 462. The Hall–Kier alpha value is -2.06. The molecule has 5 nitrogen and oxygen atoms in total. The Morgan fingerprint density at radius 2 is 2.18 bits per heavy atom. The molecule has 0 aliphatic rings. The number of esters is 1. The van der Waals surface area contributed by atoms with Crippen LogP contribution in [0.5, 0.6) is 5.75 Å². The van der Waals surface area contributed by atoms with Gasteiger partial charge in [-0.05, 0) is 30.2 Å². The van der Waals surface area contributed by atoms with Crippen molar-refractivity contribution >= 4 is 5.97 Å². The molecule has 0 unspecified atom stereocenters. The third-order valence-corrected chi connectivity index (χ3v) is 2.25. The zero-order valence-electron chi connectivity index (χ0n) is 9.43. The highest BCUT2D eigenvalue weighted by atomic mass is 16.5. The first-order valence-electron chi connectivity index (χ1n) is 5.13. The van der Waals surface area contributed by atoms with Gasteiger partial charge in [0.05, 0.1) is 25.2 Å². The Kier molecular flexibility index (Phi) is 4.49. The van der Waals surface area contributed by atoms with Gasteiger partial charge in [0, 0.05) is 0 Å². The number of benzene rings is 1. The average molecular weight is 235 g/mol. The molecule has 0 heterocycles. The molecule has 0 fully saturated rings. The van der Waals surface area contributed by atoms with Crippen LogP contribution in [0.4, 0.5) is 0 Å². The molecule has 2 N–H and O–H groups in total.